The second-order valence-corrected chi connectivity index (χ2v) is 4.56. The molecule has 0 bridgehead atoms. The summed E-state index contributed by atoms with van der Waals surface area (Å²) in [5, 5.41) is 8.86. The van der Waals surface area contributed by atoms with Crippen LogP contribution in [0, 0.1) is 0 Å². The van der Waals surface area contributed by atoms with Gasteiger partial charge in [-0.1, -0.05) is 6.42 Å². The first-order valence-electron chi connectivity index (χ1n) is 5.89. The number of hydrogen-bond donors (Lipinski definition) is 1. The summed E-state index contributed by atoms with van der Waals surface area (Å²) in [5.41, 5.74) is 0. The van der Waals surface area contributed by atoms with Gasteiger partial charge in [0.2, 0.25) is 0 Å². The van der Waals surface area contributed by atoms with Crippen molar-refractivity contribution >= 4 is 0 Å². The summed E-state index contributed by atoms with van der Waals surface area (Å²) in [4.78, 5) is 2.02. The molecule has 0 aromatic heterocycles. The van der Waals surface area contributed by atoms with Gasteiger partial charge in [-0.15, -0.1) is 0 Å². The molecule has 1 saturated heterocycles. The molecule has 1 saturated carbocycles. The van der Waals surface area contributed by atoms with Crippen molar-refractivity contribution in [3.05, 3.63) is 0 Å². The molecule has 15 heavy (non-hydrogen) atoms. The van der Waals surface area contributed by atoms with Crippen LogP contribution in [0.25, 0.3) is 0 Å². The minimum absolute atomic E-state index is 0.0234. The Morgan fingerprint density at radius 1 is 1.33 bits per heavy atom. The molecule has 2 aliphatic rings. The van der Waals surface area contributed by atoms with Gasteiger partial charge >= 0.3 is 0 Å². The molecule has 88 valence electrons. The Labute approximate surface area is 91.2 Å². The van der Waals surface area contributed by atoms with Gasteiger partial charge in [0.05, 0.1) is 13.2 Å². The van der Waals surface area contributed by atoms with Crippen LogP contribution in [0.3, 0.4) is 0 Å². The average Bonchev–Trinajstić information content (AvgIpc) is 2.64. The number of aliphatic hydroxyl groups excluding tert-OH is 1. The third kappa shape index (κ3) is 2.50. The van der Waals surface area contributed by atoms with E-state index in [-0.39, 0.29) is 18.6 Å². The smallest absolute Gasteiger partial charge is 0.170 e. The largest absolute Gasteiger partial charge is 0.395 e. The summed E-state index contributed by atoms with van der Waals surface area (Å²) >= 11 is 0. The lowest BCUT2D eigenvalue weighted by Crippen LogP contribution is -2.39. The van der Waals surface area contributed by atoms with E-state index in [0.717, 1.165) is 12.8 Å². The van der Waals surface area contributed by atoms with E-state index >= 15 is 0 Å². The van der Waals surface area contributed by atoms with E-state index in [4.69, 9.17) is 14.6 Å². The molecule has 0 aromatic rings. The van der Waals surface area contributed by atoms with E-state index < -0.39 is 0 Å². The molecule has 4 heteroatoms. The highest BCUT2D eigenvalue weighted by atomic mass is 16.8. The van der Waals surface area contributed by atoms with Gasteiger partial charge in [-0.05, 0) is 19.9 Å². The van der Waals surface area contributed by atoms with Crippen LogP contribution >= 0.6 is 0 Å². The zero-order valence-corrected chi connectivity index (χ0v) is 9.45. The molecule has 0 amide bonds. The molecule has 4 nitrogen and oxygen atoms in total. The van der Waals surface area contributed by atoms with Crippen LogP contribution in [0.1, 0.15) is 32.1 Å². The van der Waals surface area contributed by atoms with Gasteiger partial charge in [-0.2, -0.15) is 0 Å². The Balaban J connectivity index is 1.87. The van der Waals surface area contributed by atoms with Crippen LogP contribution in [0.5, 0.6) is 0 Å². The van der Waals surface area contributed by atoms with Crippen LogP contribution in [-0.2, 0) is 9.47 Å². The lowest BCUT2D eigenvalue weighted by atomic mass is 9.94. The molecule has 1 atom stereocenters. The first-order chi connectivity index (χ1) is 7.26. The molecular formula is C11H21NO3. The van der Waals surface area contributed by atoms with E-state index in [0.29, 0.717) is 13.2 Å². The molecule has 1 aliphatic heterocycles. The van der Waals surface area contributed by atoms with Crippen molar-refractivity contribution in [3.63, 3.8) is 0 Å². The maximum atomic E-state index is 8.86. The monoisotopic (exact) mass is 215 g/mol. The molecule has 1 unspecified atom stereocenters. The van der Waals surface area contributed by atoms with Crippen LogP contribution in [0.4, 0.5) is 0 Å². The SMILES string of the molecule is CN(CCO)C1COC2(CCCCC2)O1. The number of likely N-dealkylation sites (N-methyl/N-ethyl adjacent to an activating group) is 1. The highest BCUT2D eigenvalue weighted by molar-refractivity contribution is 4.81. The van der Waals surface area contributed by atoms with Crippen molar-refractivity contribution in [2.75, 3.05) is 26.8 Å². The number of aliphatic hydroxyl groups is 1. The zero-order chi connectivity index (χ0) is 10.7. The van der Waals surface area contributed by atoms with Crippen molar-refractivity contribution in [3.8, 4) is 0 Å². The quantitative estimate of drug-likeness (QED) is 0.761. The maximum Gasteiger partial charge on any atom is 0.170 e. The summed E-state index contributed by atoms with van der Waals surface area (Å²) in [7, 11) is 1.96. The number of hydrogen-bond acceptors (Lipinski definition) is 4. The van der Waals surface area contributed by atoms with Crippen molar-refractivity contribution in [2.24, 2.45) is 0 Å². The van der Waals surface area contributed by atoms with E-state index in [1.807, 2.05) is 11.9 Å². The Kier molecular flexibility index (Phi) is 3.61. The van der Waals surface area contributed by atoms with Crippen molar-refractivity contribution in [1.82, 2.24) is 4.90 Å². The third-order valence-electron chi connectivity index (χ3n) is 3.40. The fourth-order valence-electron chi connectivity index (χ4n) is 2.41. The molecule has 0 aromatic carbocycles. The topological polar surface area (TPSA) is 41.9 Å². The number of rotatable bonds is 3. The van der Waals surface area contributed by atoms with E-state index in [1.54, 1.807) is 0 Å². The second-order valence-electron chi connectivity index (χ2n) is 4.56. The highest BCUT2D eigenvalue weighted by Crippen LogP contribution is 2.38. The molecule has 2 rings (SSSR count). The molecule has 1 spiro atoms. The Morgan fingerprint density at radius 2 is 2.07 bits per heavy atom. The van der Waals surface area contributed by atoms with E-state index in [9.17, 15) is 0 Å². The maximum absolute atomic E-state index is 8.86. The predicted molar refractivity (Wildman–Crippen MR) is 56.4 cm³/mol. The summed E-state index contributed by atoms with van der Waals surface area (Å²) in [6.07, 6.45) is 5.78. The molecule has 0 radical (unpaired) electrons. The second kappa shape index (κ2) is 4.78. The standard InChI is InChI=1S/C11H21NO3/c1-12(7-8-13)10-9-14-11(15-10)5-3-2-4-6-11/h10,13H,2-9H2,1H3. The molecule has 2 fully saturated rings. The van der Waals surface area contributed by atoms with Gasteiger partial charge in [0, 0.05) is 19.4 Å². The summed E-state index contributed by atoms with van der Waals surface area (Å²) in [6, 6.07) is 0. The summed E-state index contributed by atoms with van der Waals surface area (Å²) in [6.45, 7) is 1.45. The lowest BCUT2D eigenvalue weighted by Gasteiger charge is -2.32. The Bertz CT molecular complexity index is 204. The van der Waals surface area contributed by atoms with E-state index in [2.05, 4.69) is 0 Å². The van der Waals surface area contributed by atoms with Crippen LogP contribution < -0.4 is 0 Å². The molecular weight excluding hydrogens is 194 g/mol. The Hall–Kier alpha value is -0.160. The van der Waals surface area contributed by atoms with Gasteiger partial charge in [-0.25, -0.2) is 0 Å². The Morgan fingerprint density at radius 3 is 2.73 bits per heavy atom. The summed E-state index contributed by atoms with van der Waals surface area (Å²) < 4.78 is 11.8. The normalized spacial score (nSPS) is 30.2. The van der Waals surface area contributed by atoms with Crippen molar-refractivity contribution in [2.45, 2.75) is 44.1 Å². The van der Waals surface area contributed by atoms with Crippen LogP contribution in [0.15, 0.2) is 0 Å². The first-order valence-corrected chi connectivity index (χ1v) is 5.89. The fraction of sp³-hybridized carbons (Fsp3) is 1.00. The first kappa shape index (κ1) is 11.3. The van der Waals surface area contributed by atoms with Crippen molar-refractivity contribution < 1.29 is 14.6 Å². The fourth-order valence-corrected chi connectivity index (χ4v) is 2.41. The van der Waals surface area contributed by atoms with Gasteiger partial charge in [0.1, 0.15) is 6.23 Å². The van der Waals surface area contributed by atoms with Crippen LogP contribution in [0.2, 0.25) is 0 Å². The van der Waals surface area contributed by atoms with E-state index in [1.165, 1.54) is 19.3 Å². The van der Waals surface area contributed by atoms with Gasteiger partial charge in [0.25, 0.3) is 0 Å². The third-order valence-corrected chi connectivity index (χ3v) is 3.40. The zero-order valence-electron chi connectivity index (χ0n) is 9.45. The van der Waals surface area contributed by atoms with Crippen LogP contribution in [-0.4, -0.2) is 48.8 Å². The molecule has 1 heterocycles. The average molecular weight is 215 g/mol. The number of nitrogens with zero attached hydrogens (tertiary/aromatic N) is 1. The van der Waals surface area contributed by atoms with Crippen molar-refractivity contribution in [1.29, 1.82) is 0 Å². The lowest BCUT2D eigenvalue weighted by molar-refractivity contribution is -0.201. The van der Waals surface area contributed by atoms with Gasteiger partial charge in [-0.3, -0.25) is 4.90 Å². The summed E-state index contributed by atoms with van der Waals surface area (Å²) in [5.74, 6) is -0.299. The predicted octanol–water partition coefficient (Wildman–Crippen LogP) is 0.944. The van der Waals surface area contributed by atoms with Gasteiger partial charge < -0.3 is 14.6 Å². The van der Waals surface area contributed by atoms with Gasteiger partial charge in [0.15, 0.2) is 5.79 Å². The molecule has 1 aliphatic carbocycles. The molecule has 1 N–H and O–H groups in total. The number of ether oxygens (including phenoxy) is 2. The minimum atomic E-state index is -0.299. The minimum Gasteiger partial charge on any atom is -0.395 e. The highest BCUT2D eigenvalue weighted by Gasteiger charge is 2.43.